The van der Waals surface area contributed by atoms with E-state index < -0.39 is 0 Å². The average Bonchev–Trinajstić information content (AvgIpc) is 2.56. The fourth-order valence-electron chi connectivity index (χ4n) is 1.69. The van der Waals surface area contributed by atoms with Gasteiger partial charge >= 0.3 is 0 Å². The second-order valence-corrected chi connectivity index (χ2v) is 4.18. The molecule has 0 radical (unpaired) electrons. The highest BCUT2D eigenvalue weighted by Crippen LogP contribution is 2.23. The van der Waals surface area contributed by atoms with E-state index in [2.05, 4.69) is 43.2 Å². The highest BCUT2D eigenvalue weighted by Gasteiger charge is 2.14. The van der Waals surface area contributed by atoms with Gasteiger partial charge in [-0.25, -0.2) is 0 Å². The smallest absolute Gasteiger partial charge is 0.0357 e. The summed E-state index contributed by atoms with van der Waals surface area (Å²) in [5.74, 6) is 0. The molecule has 0 aliphatic rings. The van der Waals surface area contributed by atoms with Crippen LogP contribution in [0.5, 0.6) is 0 Å². The van der Waals surface area contributed by atoms with Crippen LogP contribution in [-0.4, -0.2) is 30.0 Å². The zero-order valence-electron chi connectivity index (χ0n) is 9.33. The van der Waals surface area contributed by atoms with Gasteiger partial charge in [-0.3, -0.25) is 0 Å². The molecule has 3 N–H and O–H groups in total. The van der Waals surface area contributed by atoms with E-state index in [0.717, 1.165) is 12.8 Å². The first kappa shape index (κ1) is 11.3. The van der Waals surface area contributed by atoms with E-state index in [1.165, 1.54) is 5.56 Å². The number of nitrogens with zero attached hydrogens (tertiary/aromatic N) is 1. The van der Waals surface area contributed by atoms with Crippen molar-refractivity contribution in [2.24, 2.45) is 5.73 Å². The third-order valence-electron chi connectivity index (χ3n) is 2.53. The molecule has 0 saturated heterocycles. The van der Waals surface area contributed by atoms with Crippen molar-refractivity contribution in [3.63, 3.8) is 0 Å². The second kappa shape index (κ2) is 5.17. The minimum Gasteiger partial charge on any atom is -0.367 e. The van der Waals surface area contributed by atoms with E-state index in [0.29, 0.717) is 6.04 Å². The Kier molecular flexibility index (Phi) is 4.17. The molecule has 0 aromatic carbocycles. The molecule has 0 saturated carbocycles. The quantitative estimate of drug-likeness (QED) is 0.751. The number of nitrogens with one attached hydrogen (secondary N) is 1. The maximum Gasteiger partial charge on any atom is 0.0357 e. The third-order valence-corrected chi connectivity index (χ3v) is 2.53. The van der Waals surface area contributed by atoms with E-state index in [4.69, 9.17) is 5.73 Å². The molecule has 3 nitrogen and oxygen atoms in total. The number of nitrogens with two attached hydrogens (primary N) is 1. The topological polar surface area (TPSA) is 45.1 Å². The Bertz CT molecular complexity index is 239. The van der Waals surface area contributed by atoms with Crippen LogP contribution >= 0.6 is 0 Å². The van der Waals surface area contributed by atoms with Crippen molar-refractivity contribution >= 4 is 0 Å². The highest BCUT2D eigenvalue weighted by molar-refractivity contribution is 5.13. The average molecular weight is 195 g/mol. The number of aromatic nitrogens is 1. The van der Waals surface area contributed by atoms with Gasteiger partial charge in [0.2, 0.25) is 0 Å². The molecule has 1 heterocycles. The Morgan fingerprint density at radius 1 is 1.43 bits per heavy atom. The van der Waals surface area contributed by atoms with Crippen LogP contribution in [-0.2, 0) is 0 Å². The maximum atomic E-state index is 5.77. The summed E-state index contributed by atoms with van der Waals surface area (Å²) < 4.78 is 0. The second-order valence-electron chi connectivity index (χ2n) is 4.18. The minimum atomic E-state index is 0.288. The number of H-pyrrole nitrogens is 1. The van der Waals surface area contributed by atoms with E-state index >= 15 is 0 Å². The zero-order valence-corrected chi connectivity index (χ0v) is 9.33. The molecule has 2 unspecified atom stereocenters. The molecule has 0 bridgehead atoms. The third kappa shape index (κ3) is 3.16. The van der Waals surface area contributed by atoms with Crippen LogP contribution in [0.3, 0.4) is 0 Å². The van der Waals surface area contributed by atoms with Crippen molar-refractivity contribution < 1.29 is 0 Å². The van der Waals surface area contributed by atoms with Crippen LogP contribution in [0.1, 0.15) is 31.4 Å². The highest BCUT2D eigenvalue weighted by atomic mass is 15.1. The largest absolute Gasteiger partial charge is 0.367 e. The normalized spacial score (nSPS) is 15.8. The molecule has 0 fully saturated rings. The summed E-state index contributed by atoms with van der Waals surface area (Å²) >= 11 is 0. The summed E-state index contributed by atoms with van der Waals surface area (Å²) in [4.78, 5) is 5.34. The van der Waals surface area contributed by atoms with E-state index in [-0.39, 0.29) is 6.04 Å². The lowest BCUT2D eigenvalue weighted by molar-refractivity contribution is 0.275. The van der Waals surface area contributed by atoms with E-state index in [1.807, 2.05) is 6.20 Å². The number of aromatic amines is 1. The van der Waals surface area contributed by atoms with Gasteiger partial charge in [-0.1, -0.05) is 0 Å². The van der Waals surface area contributed by atoms with Gasteiger partial charge in [0.05, 0.1) is 0 Å². The lowest BCUT2D eigenvalue weighted by atomic mass is 10.0. The van der Waals surface area contributed by atoms with Crippen molar-refractivity contribution in [2.45, 2.75) is 31.8 Å². The fourth-order valence-corrected chi connectivity index (χ4v) is 1.69. The van der Waals surface area contributed by atoms with E-state index in [9.17, 15) is 0 Å². The number of hydrogen-bond acceptors (Lipinski definition) is 2. The molecule has 2 atom stereocenters. The summed E-state index contributed by atoms with van der Waals surface area (Å²) in [5, 5.41) is 0. The molecule has 3 heteroatoms. The molecule has 0 spiro atoms. The summed E-state index contributed by atoms with van der Waals surface area (Å²) in [5.41, 5.74) is 7.11. The van der Waals surface area contributed by atoms with Crippen LogP contribution in [0.4, 0.5) is 0 Å². The summed E-state index contributed by atoms with van der Waals surface area (Å²) in [7, 11) is 4.22. The number of rotatable bonds is 5. The van der Waals surface area contributed by atoms with Crippen molar-refractivity contribution in [1.29, 1.82) is 0 Å². The molecule has 14 heavy (non-hydrogen) atoms. The van der Waals surface area contributed by atoms with Crippen LogP contribution in [0, 0.1) is 0 Å². The Morgan fingerprint density at radius 3 is 2.57 bits per heavy atom. The standard InChI is InChI=1S/C11H21N3/c1-9(12)4-5-11(14(2)3)10-6-7-13-8-10/h6-9,11,13H,4-5,12H2,1-3H3. The van der Waals surface area contributed by atoms with Crippen LogP contribution in [0.15, 0.2) is 18.5 Å². The molecular weight excluding hydrogens is 174 g/mol. The molecule has 0 amide bonds. The minimum absolute atomic E-state index is 0.288. The van der Waals surface area contributed by atoms with Gasteiger partial charge in [-0.15, -0.1) is 0 Å². The summed E-state index contributed by atoms with van der Waals surface area (Å²) in [6.07, 6.45) is 6.21. The van der Waals surface area contributed by atoms with Gasteiger partial charge in [0, 0.05) is 24.5 Å². The predicted molar refractivity (Wildman–Crippen MR) is 60.1 cm³/mol. The monoisotopic (exact) mass is 195 g/mol. The zero-order chi connectivity index (χ0) is 10.6. The van der Waals surface area contributed by atoms with Crippen LogP contribution in [0.2, 0.25) is 0 Å². The van der Waals surface area contributed by atoms with Gasteiger partial charge < -0.3 is 15.6 Å². The summed E-state index contributed by atoms with van der Waals surface area (Å²) in [6.45, 7) is 2.06. The van der Waals surface area contributed by atoms with Crippen LogP contribution in [0.25, 0.3) is 0 Å². The lowest BCUT2D eigenvalue weighted by Crippen LogP contribution is -2.23. The van der Waals surface area contributed by atoms with Crippen molar-refractivity contribution in [2.75, 3.05) is 14.1 Å². The molecule has 80 valence electrons. The fraction of sp³-hybridized carbons (Fsp3) is 0.636. The van der Waals surface area contributed by atoms with Crippen molar-refractivity contribution in [3.8, 4) is 0 Å². The Balaban J connectivity index is 2.57. The van der Waals surface area contributed by atoms with Crippen molar-refractivity contribution in [1.82, 2.24) is 9.88 Å². The van der Waals surface area contributed by atoms with Gasteiger partial charge in [0.15, 0.2) is 0 Å². The van der Waals surface area contributed by atoms with Gasteiger partial charge in [-0.2, -0.15) is 0 Å². The Labute approximate surface area is 86.3 Å². The first-order valence-electron chi connectivity index (χ1n) is 5.16. The first-order valence-corrected chi connectivity index (χ1v) is 5.16. The molecule has 1 rings (SSSR count). The van der Waals surface area contributed by atoms with Crippen molar-refractivity contribution in [3.05, 3.63) is 24.0 Å². The maximum absolute atomic E-state index is 5.77. The SMILES string of the molecule is CC(N)CCC(c1cc[nH]c1)N(C)C. The van der Waals surface area contributed by atoms with Gasteiger partial charge in [-0.05, 0) is 45.5 Å². The van der Waals surface area contributed by atoms with Gasteiger partial charge in [0.25, 0.3) is 0 Å². The molecule has 0 aliphatic heterocycles. The lowest BCUT2D eigenvalue weighted by Gasteiger charge is -2.24. The van der Waals surface area contributed by atoms with Crippen LogP contribution < -0.4 is 5.73 Å². The predicted octanol–water partition coefficient (Wildman–Crippen LogP) is 1.74. The molecular formula is C11H21N3. The molecule has 0 aliphatic carbocycles. The first-order chi connectivity index (χ1) is 6.61. The van der Waals surface area contributed by atoms with E-state index in [1.54, 1.807) is 0 Å². The molecule has 1 aromatic heterocycles. The van der Waals surface area contributed by atoms with Gasteiger partial charge in [0.1, 0.15) is 0 Å². The Hall–Kier alpha value is -0.800. The number of hydrogen-bond donors (Lipinski definition) is 2. The summed E-state index contributed by atoms with van der Waals surface area (Å²) in [6, 6.07) is 2.90. The molecule has 1 aromatic rings. The Morgan fingerprint density at radius 2 is 2.14 bits per heavy atom.